The normalized spacial score (nSPS) is 12.2. The van der Waals surface area contributed by atoms with Gasteiger partial charge < -0.3 is 15.2 Å². The van der Waals surface area contributed by atoms with E-state index in [9.17, 15) is 4.79 Å². The molecule has 1 amide bonds. The van der Waals surface area contributed by atoms with Crippen molar-refractivity contribution in [3.8, 4) is 5.75 Å². The van der Waals surface area contributed by atoms with Crippen molar-refractivity contribution in [2.24, 2.45) is 0 Å². The molecule has 0 aliphatic heterocycles. The number of nitrogens with one attached hydrogen (secondary N) is 1. The zero-order valence-electron chi connectivity index (χ0n) is 12.4. The van der Waals surface area contributed by atoms with Crippen molar-refractivity contribution >= 4 is 5.91 Å². The maximum absolute atomic E-state index is 11.7. The lowest BCUT2D eigenvalue weighted by Crippen LogP contribution is -2.41. The van der Waals surface area contributed by atoms with Crippen LogP contribution in [0.2, 0.25) is 0 Å². The van der Waals surface area contributed by atoms with Crippen LogP contribution in [0.5, 0.6) is 5.75 Å². The van der Waals surface area contributed by atoms with Crippen LogP contribution < -0.4 is 10.1 Å². The van der Waals surface area contributed by atoms with Crippen molar-refractivity contribution in [2.45, 2.75) is 19.4 Å². The van der Waals surface area contributed by atoms with E-state index in [4.69, 9.17) is 9.84 Å². The Labute approximate surface area is 120 Å². The van der Waals surface area contributed by atoms with Gasteiger partial charge in [0, 0.05) is 12.6 Å². The van der Waals surface area contributed by atoms with Crippen LogP contribution in [0.1, 0.15) is 12.5 Å². The molecule has 0 spiro atoms. The van der Waals surface area contributed by atoms with E-state index in [0.29, 0.717) is 13.1 Å². The Morgan fingerprint density at radius 1 is 1.40 bits per heavy atom. The smallest absolute Gasteiger partial charge is 0.234 e. The molecule has 0 aliphatic carbocycles. The SMILES string of the molecule is COc1ccc(CCNC(=O)CN(C)C(C)CO)cc1. The Bertz CT molecular complexity index is 406. The van der Waals surface area contributed by atoms with Gasteiger partial charge in [-0.15, -0.1) is 0 Å². The number of rotatable bonds is 8. The summed E-state index contributed by atoms with van der Waals surface area (Å²) < 4.78 is 5.09. The predicted octanol–water partition coefficient (Wildman–Crippen LogP) is 0.666. The molecule has 0 fully saturated rings. The van der Waals surface area contributed by atoms with Gasteiger partial charge in [0.1, 0.15) is 5.75 Å². The molecule has 0 bridgehead atoms. The minimum absolute atomic E-state index is 0.0117. The van der Waals surface area contributed by atoms with E-state index in [1.165, 1.54) is 0 Å². The van der Waals surface area contributed by atoms with Crippen molar-refractivity contribution in [1.82, 2.24) is 10.2 Å². The van der Waals surface area contributed by atoms with Crippen LogP contribution in [-0.2, 0) is 11.2 Å². The fourth-order valence-corrected chi connectivity index (χ4v) is 1.72. The second-order valence-corrected chi connectivity index (χ2v) is 4.89. The number of benzene rings is 1. The zero-order chi connectivity index (χ0) is 15.0. The lowest BCUT2D eigenvalue weighted by atomic mass is 10.1. The first-order valence-electron chi connectivity index (χ1n) is 6.77. The van der Waals surface area contributed by atoms with Crippen molar-refractivity contribution in [2.75, 3.05) is 33.9 Å². The first-order valence-corrected chi connectivity index (χ1v) is 6.77. The molecule has 5 heteroatoms. The number of ether oxygens (including phenoxy) is 1. The summed E-state index contributed by atoms with van der Waals surface area (Å²) in [6.07, 6.45) is 0.787. The number of likely N-dealkylation sites (N-methyl/N-ethyl adjacent to an activating group) is 1. The van der Waals surface area contributed by atoms with E-state index in [1.807, 2.05) is 43.1 Å². The lowest BCUT2D eigenvalue weighted by molar-refractivity contribution is -0.122. The summed E-state index contributed by atoms with van der Waals surface area (Å²) in [7, 11) is 3.46. The molecule has 1 atom stereocenters. The van der Waals surface area contributed by atoms with Gasteiger partial charge in [0.25, 0.3) is 0 Å². The molecule has 0 radical (unpaired) electrons. The van der Waals surface area contributed by atoms with Gasteiger partial charge in [-0.1, -0.05) is 12.1 Å². The molecule has 0 saturated carbocycles. The van der Waals surface area contributed by atoms with Crippen LogP contribution >= 0.6 is 0 Å². The molecule has 0 heterocycles. The van der Waals surface area contributed by atoms with Crippen molar-refractivity contribution in [3.63, 3.8) is 0 Å². The Hall–Kier alpha value is -1.59. The van der Waals surface area contributed by atoms with E-state index in [1.54, 1.807) is 7.11 Å². The highest BCUT2D eigenvalue weighted by Crippen LogP contribution is 2.11. The molecule has 1 rings (SSSR count). The van der Waals surface area contributed by atoms with Gasteiger partial charge in [-0.2, -0.15) is 0 Å². The Balaban J connectivity index is 2.27. The summed E-state index contributed by atoms with van der Waals surface area (Å²) in [5, 5.41) is 11.9. The highest BCUT2D eigenvalue weighted by Gasteiger charge is 2.11. The molecule has 1 unspecified atom stereocenters. The molecular weight excluding hydrogens is 256 g/mol. The predicted molar refractivity (Wildman–Crippen MR) is 78.9 cm³/mol. The van der Waals surface area contributed by atoms with Crippen LogP contribution in [0.25, 0.3) is 0 Å². The Kier molecular flexibility index (Phi) is 7.04. The van der Waals surface area contributed by atoms with Gasteiger partial charge in [-0.05, 0) is 38.1 Å². The number of carbonyl (C=O) groups is 1. The largest absolute Gasteiger partial charge is 0.497 e. The minimum atomic E-state index is -0.0266. The molecular formula is C15H24N2O3. The van der Waals surface area contributed by atoms with Gasteiger partial charge in [0.05, 0.1) is 20.3 Å². The third-order valence-electron chi connectivity index (χ3n) is 3.30. The number of aliphatic hydroxyl groups excluding tert-OH is 1. The molecule has 0 aliphatic rings. The van der Waals surface area contributed by atoms with Gasteiger partial charge in [-0.3, -0.25) is 9.69 Å². The second kappa shape index (κ2) is 8.55. The molecule has 0 saturated heterocycles. The summed E-state index contributed by atoms with van der Waals surface area (Å²) in [6.45, 7) is 2.83. The molecule has 2 N–H and O–H groups in total. The number of amides is 1. The average molecular weight is 280 g/mol. The zero-order valence-corrected chi connectivity index (χ0v) is 12.4. The first-order chi connectivity index (χ1) is 9.56. The van der Waals surface area contributed by atoms with Gasteiger partial charge in [0.15, 0.2) is 0 Å². The van der Waals surface area contributed by atoms with Gasteiger partial charge in [-0.25, -0.2) is 0 Å². The lowest BCUT2D eigenvalue weighted by Gasteiger charge is -2.21. The van der Waals surface area contributed by atoms with E-state index in [0.717, 1.165) is 17.7 Å². The number of nitrogens with zero attached hydrogens (tertiary/aromatic N) is 1. The van der Waals surface area contributed by atoms with E-state index >= 15 is 0 Å². The fraction of sp³-hybridized carbons (Fsp3) is 0.533. The summed E-state index contributed by atoms with van der Waals surface area (Å²) in [6, 6.07) is 7.79. The first kappa shape index (κ1) is 16.5. The van der Waals surface area contributed by atoms with E-state index in [2.05, 4.69) is 5.32 Å². The number of aliphatic hydroxyl groups is 1. The maximum atomic E-state index is 11.7. The highest BCUT2D eigenvalue weighted by atomic mass is 16.5. The third kappa shape index (κ3) is 5.59. The van der Waals surface area contributed by atoms with E-state index < -0.39 is 0 Å². The topological polar surface area (TPSA) is 61.8 Å². The summed E-state index contributed by atoms with van der Waals surface area (Å²) in [5.41, 5.74) is 1.16. The number of methoxy groups -OCH3 is 1. The second-order valence-electron chi connectivity index (χ2n) is 4.89. The van der Waals surface area contributed by atoms with Crippen molar-refractivity contribution in [3.05, 3.63) is 29.8 Å². The molecule has 1 aromatic carbocycles. The van der Waals surface area contributed by atoms with Crippen LogP contribution in [-0.4, -0.2) is 55.8 Å². The van der Waals surface area contributed by atoms with Crippen molar-refractivity contribution < 1.29 is 14.6 Å². The van der Waals surface area contributed by atoms with Crippen LogP contribution in [0, 0.1) is 0 Å². The maximum Gasteiger partial charge on any atom is 0.234 e. The van der Waals surface area contributed by atoms with Crippen molar-refractivity contribution in [1.29, 1.82) is 0 Å². The number of hydrogen-bond acceptors (Lipinski definition) is 4. The Morgan fingerprint density at radius 2 is 2.05 bits per heavy atom. The summed E-state index contributed by atoms with van der Waals surface area (Å²) in [5.74, 6) is 0.804. The highest BCUT2D eigenvalue weighted by molar-refractivity contribution is 5.78. The molecule has 5 nitrogen and oxygen atoms in total. The quantitative estimate of drug-likeness (QED) is 0.734. The number of hydrogen-bond donors (Lipinski definition) is 2. The minimum Gasteiger partial charge on any atom is -0.497 e. The third-order valence-corrected chi connectivity index (χ3v) is 3.30. The molecule has 20 heavy (non-hydrogen) atoms. The van der Waals surface area contributed by atoms with Gasteiger partial charge in [0.2, 0.25) is 5.91 Å². The number of carbonyl (C=O) groups excluding carboxylic acids is 1. The fourth-order valence-electron chi connectivity index (χ4n) is 1.72. The van der Waals surface area contributed by atoms with Crippen LogP contribution in [0.3, 0.4) is 0 Å². The summed E-state index contributed by atoms with van der Waals surface area (Å²) in [4.78, 5) is 13.5. The monoisotopic (exact) mass is 280 g/mol. The average Bonchev–Trinajstić information content (AvgIpc) is 2.47. The molecule has 112 valence electrons. The standard InChI is InChI=1S/C15H24N2O3/c1-12(11-18)17(2)10-15(19)16-9-8-13-4-6-14(20-3)7-5-13/h4-7,12,18H,8-11H2,1-3H3,(H,16,19). The summed E-state index contributed by atoms with van der Waals surface area (Å²) >= 11 is 0. The van der Waals surface area contributed by atoms with Crippen LogP contribution in [0.15, 0.2) is 24.3 Å². The Morgan fingerprint density at radius 3 is 2.60 bits per heavy atom. The van der Waals surface area contributed by atoms with E-state index in [-0.39, 0.29) is 18.6 Å². The molecule has 0 aromatic heterocycles. The van der Waals surface area contributed by atoms with Gasteiger partial charge >= 0.3 is 0 Å². The van der Waals surface area contributed by atoms with Crippen LogP contribution in [0.4, 0.5) is 0 Å². The molecule has 1 aromatic rings.